The van der Waals surface area contributed by atoms with Crippen molar-refractivity contribution in [2.24, 2.45) is 0 Å². The Balaban J connectivity index is 1.40. The second kappa shape index (κ2) is 8.08. The fourth-order valence-electron chi connectivity index (χ4n) is 3.93. The zero-order valence-corrected chi connectivity index (χ0v) is 16.6. The van der Waals surface area contributed by atoms with E-state index in [0.717, 1.165) is 23.5 Å². The lowest BCUT2D eigenvalue weighted by Crippen LogP contribution is -2.38. The van der Waals surface area contributed by atoms with Crippen molar-refractivity contribution in [3.63, 3.8) is 0 Å². The van der Waals surface area contributed by atoms with Crippen LogP contribution >= 0.6 is 0 Å². The van der Waals surface area contributed by atoms with E-state index in [1.54, 1.807) is 30.4 Å². The minimum absolute atomic E-state index is 0.0828. The fraction of sp³-hybridized carbons (Fsp3) is 0.500. The van der Waals surface area contributed by atoms with Gasteiger partial charge in [-0.25, -0.2) is 14.5 Å². The first kappa shape index (κ1) is 20.4. The van der Waals surface area contributed by atoms with Crippen molar-refractivity contribution in [3.05, 3.63) is 47.9 Å². The van der Waals surface area contributed by atoms with Gasteiger partial charge in [-0.15, -0.1) is 0 Å². The maximum absolute atomic E-state index is 13.5. The maximum atomic E-state index is 13.5. The molecular formula is C20H23F3N6O. The molecule has 0 saturated carbocycles. The van der Waals surface area contributed by atoms with Crippen molar-refractivity contribution < 1.29 is 18.0 Å². The third-order valence-electron chi connectivity index (χ3n) is 5.49. The molecule has 3 aromatic heterocycles. The molecule has 160 valence electrons. The SMILES string of the molecule is Cc1cc2nc(C3CCN(C(=O)CCCn4ccnc4)CC3)cc(C(F)(F)F)n2n1. The van der Waals surface area contributed by atoms with Gasteiger partial charge in [-0.1, -0.05) is 0 Å². The van der Waals surface area contributed by atoms with E-state index in [9.17, 15) is 18.0 Å². The van der Waals surface area contributed by atoms with Crippen LogP contribution in [0.15, 0.2) is 30.9 Å². The first-order chi connectivity index (χ1) is 14.3. The number of alkyl halides is 3. The van der Waals surface area contributed by atoms with Gasteiger partial charge in [-0.05, 0) is 32.3 Å². The van der Waals surface area contributed by atoms with Crippen molar-refractivity contribution in [2.45, 2.75) is 51.2 Å². The van der Waals surface area contributed by atoms with Crippen LogP contribution in [0.3, 0.4) is 0 Å². The van der Waals surface area contributed by atoms with Gasteiger partial charge in [0.25, 0.3) is 0 Å². The van der Waals surface area contributed by atoms with E-state index in [4.69, 9.17) is 0 Å². The molecule has 0 bridgehead atoms. The first-order valence-electron chi connectivity index (χ1n) is 9.99. The van der Waals surface area contributed by atoms with Crippen molar-refractivity contribution in [2.75, 3.05) is 13.1 Å². The van der Waals surface area contributed by atoms with E-state index < -0.39 is 11.9 Å². The highest BCUT2D eigenvalue weighted by atomic mass is 19.4. The molecule has 0 unspecified atom stereocenters. The van der Waals surface area contributed by atoms with Gasteiger partial charge in [0.15, 0.2) is 5.65 Å². The molecule has 0 atom stereocenters. The van der Waals surface area contributed by atoms with Gasteiger partial charge in [-0.2, -0.15) is 18.3 Å². The predicted molar refractivity (Wildman–Crippen MR) is 103 cm³/mol. The molecular weight excluding hydrogens is 397 g/mol. The monoisotopic (exact) mass is 420 g/mol. The number of likely N-dealkylation sites (tertiary alicyclic amines) is 1. The van der Waals surface area contributed by atoms with Gasteiger partial charge in [-0.3, -0.25) is 4.79 Å². The number of aryl methyl sites for hydroxylation is 2. The summed E-state index contributed by atoms with van der Waals surface area (Å²) in [7, 11) is 0. The molecule has 4 heterocycles. The van der Waals surface area contributed by atoms with Crippen LogP contribution in [-0.4, -0.2) is 48.0 Å². The number of fused-ring (bicyclic) bond motifs is 1. The second-order valence-electron chi connectivity index (χ2n) is 7.68. The Labute approximate surface area is 171 Å². The number of hydrogen-bond donors (Lipinski definition) is 0. The summed E-state index contributed by atoms with van der Waals surface area (Å²) in [6.07, 6.45) is 3.13. The lowest BCUT2D eigenvalue weighted by atomic mass is 9.92. The molecule has 1 saturated heterocycles. The average Bonchev–Trinajstić information content (AvgIpc) is 3.35. The number of halogens is 3. The topological polar surface area (TPSA) is 68.3 Å². The highest BCUT2D eigenvalue weighted by Crippen LogP contribution is 2.34. The van der Waals surface area contributed by atoms with E-state index in [-0.39, 0.29) is 17.5 Å². The lowest BCUT2D eigenvalue weighted by Gasteiger charge is -2.32. The number of carbonyl (C=O) groups excluding carboxylic acids is 1. The average molecular weight is 420 g/mol. The molecule has 1 aliphatic heterocycles. The van der Waals surface area contributed by atoms with Gasteiger partial charge in [0.1, 0.15) is 5.69 Å². The summed E-state index contributed by atoms with van der Waals surface area (Å²) in [5.41, 5.74) is 0.298. The van der Waals surface area contributed by atoms with E-state index >= 15 is 0 Å². The molecule has 0 aliphatic carbocycles. The number of hydrogen-bond acceptors (Lipinski definition) is 4. The lowest BCUT2D eigenvalue weighted by molar-refractivity contribution is -0.142. The molecule has 0 spiro atoms. The Morgan fingerprint density at radius 1 is 1.23 bits per heavy atom. The molecule has 1 fully saturated rings. The normalized spacial score (nSPS) is 15.8. The summed E-state index contributed by atoms with van der Waals surface area (Å²) in [5.74, 6) is -0.0272. The Hall–Kier alpha value is -2.91. The van der Waals surface area contributed by atoms with E-state index in [0.29, 0.717) is 43.7 Å². The molecule has 0 aromatic carbocycles. The summed E-state index contributed by atoms with van der Waals surface area (Å²) < 4.78 is 43.3. The molecule has 1 aliphatic rings. The van der Waals surface area contributed by atoms with Crippen LogP contribution in [-0.2, 0) is 17.5 Å². The van der Waals surface area contributed by atoms with Crippen LogP contribution in [0, 0.1) is 6.92 Å². The molecule has 1 amide bonds. The minimum Gasteiger partial charge on any atom is -0.343 e. The summed E-state index contributed by atoms with van der Waals surface area (Å²) >= 11 is 0. The Morgan fingerprint density at radius 3 is 2.67 bits per heavy atom. The summed E-state index contributed by atoms with van der Waals surface area (Å²) in [6.45, 7) is 3.44. The second-order valence-corrected chi connectivity index (χ2v) is 7.68. The number of amides is 1. The molecule has 10 heteroatoms. The molecule has 4 rings (SSSR count). The van der Waals surface area contributed by atoms with Gasteiger partial charge in [0.05, 0.1) is 12.0 Å². The highest BCUT2D eigenvalue weighted by molar-refractivity contribution is 5.76. The maximum Gasteiger partial charge on any atom is 0.433 e. The minimum atomic E-state index is -4.51. The summed E-state index contributed by atoms with van der Waals surface area (Å²) in [5, 5.41) is 3.92. The molecule has 30 heavy (non-hydrogen) atoms. The van der Waals surface area contributed by atoms with Gasteiger partial charge >= 0.3 is 6.18 Å². The third-order valence-corrected chi connectivity index (χ3v) is 5.49. The molecule has 3 aromatic rings. The fourth-order valence-corrected chi connectivity index (χ4v) is 3.93. The number of piperidine rings is 1. The van der Waals surface area contributed by atoms with E-state index in [1.807, 2.05) is 10.8 Å². The Morgan fingerprint density at radius 2 is 2.00 bits per heavy atom. The number of rotatable bonds is 5. The smallest absolute Gasteiger partial charge is 0.343 e. The van der Waals surface area contributed by atoms with Crippen LogP contribution < -0.4 is 0 Å². The van der Waals surface area contributed by atoms with Gasteiger partial charge < -0.3 is 9.47 Å². The van der Waals surface area contributed by atoms with Crippen molar-refractivity contribution >= 4 is 11.6 Å². The van der Waals surface area contributed by atoms with Crippen LogP contribution in [0.25, 0.3) is 5.65 Å². The van der Waals surface area contributed by atoms with E-state index in [1.165, 1.54) is 0 Å². The highest BCUT2D eigenvalue weighted by Gasteiger charge is 2.36. The zero-order chi connectivity index (χ0) is 21.3. The Kier molecular flexibility index (Phi) is 5.48. The van der Waals surface area contributed by atoms with Crippen LogP contribution in [0.1, 0.15) is 48.7 Å². The van der Waals surface area contributed by atoms with Gasteiger partial charge in [0.2, 0.25) is 5.91 Å². The van der Waals surface area contributed by atoms with Crippen molar-refractivity contribution in [1.82, 2.24) is 29.0 Å². The standard InChI is InChI=1S/C20H23F3N6O/c1-14-11-18-25-16(12-17(20(21,22)23)29(18)26-14)15-4-8-28(9-5-15)19(30)3-2-7-27-10-6-24-13-27/h6,10-13,15H,2-5,7-9H2,1H3. The van der Waals surface area contributed by atoms with Crippen LogP contribution in [0.5, 0.6) is 0 Å². The predicted octanol–water partition coefficient (Wildman–Crippen LogP) is 3.44. The molecule has 7 nitrogen and oxygen atoms in total. The van der Waals surface area contributed by atoms with E-state index in [2.05, 4.69) is 15.1 Å². The van der Waals surface area contributed by atoms with Crippen LogP contribution in [0.2, 0.25) is 0 Å². The zero-order valence-electron chi connectivity index (χ0n) is 16.6. The van der Waals surface area contributed by atoms with Gasteiger partial charge in [0, 0.05) is 56.1 Å². The summed E-state index contributed by atoms with van der Waals surface area (Å²) in [4.78, 5) is 22.7. The number of nitrogens with zero attached hydrogens (tertiary/aromatic N) is 6. The Bertz CT molecular complexity index is 1020. The molecule has 0 radical (unpaired) electrons. The quantitative estimate of drug-likeness (QED) is 0.634. The third kappa shape index (κ3) is 4.31. The van der Waals surface area contributed by atoms with Crippen LogP contribution in [0.4, 0.5) is 13.2 Å². The largest absolute Gasteiger partial charge is 0.433 e. The number of aromatic nitrogens is 5. The van der Waals surface area contributed by atoms with Crippen molar-refractivity contribution in [3.8, 4) is 0 Å². The molecule has 0 N–H and O–H groups in total. The first-order valence-corrected chi connectivity index (χ1v) is 9.99. The number of carbonyl (C=O) groups is 1. The summed E-state index contributed by atoms with van der Waals surface area (Å²) in [6, 6.07) is 2.66. The van der Waals surface area contributed by atoms with Crippen molar-refractivity contribution in [1.29, 1.82) is 0 Å². The number of imidazole rings is 1.